The van der Waals surface area contributed by atoms with E-state index >= 15 is 0 Å². The zero-order valence-corrected chi connectivity index (χ0v) is 14.8. The topological polar surface area (TPSA) is 53.1 Å². The van der Waals surface area contributed by atoms with Gasteiger partial charge in [-0.3, -0.25) is 4.79 Å². The summed E-state index contributed by atoms with van der Waals surface area (Å²) in [6, 6.07) is 3.15. The Morgan fingerprint density at radius 2 is 1.84 bits per heavy atom. The zero-order valence-electron chi connectivity index (χ0n) is 14.8. The molecule has 0 spiro atoms. The van der Waals surface area contributed by atoms with Crippen molar-refractivity contribution < 1.29 is 18.7 Å². The molecule has 0 aliphatic carbocycles. The van der Waals surface area contributed by atoms with E-state index in [4.69, 9.17) is 4.74 Å². The number of nitrogens with zero attached hydrogens (tertiary/aromatic N) is 3. The van der Waals surface area contributed by atoms with Gasteiger partial charge in [0.15, 0.2) is 5.78 Å². The third-order valence-electron chi connectivity index (χ3n) is 4.84. The molecular weight excluding hydrogens is 325 g/mol. The van der Waals surface area contributed by atoms with Gasteiger partial charge in [-0.25, -0.2) is 9.18 Å². The van der Waals surface area contributed by atoms with Crippen molar-refractivity contribution >= 4 is 23.3 Å². The van der Waals surface area contributed by atoms with Gasteiger partial charge in [-0.05, 0) is 26.0 Å². The Morgan fingerprint density at radius 3 is 2.48 bits per heavy atom. The largest absolute Gasteiger partial charge is 0.450 e. The lowest BCUT2D eigenvalue weighted by molar-refractivity contribution is 0.0978. The number of amides is 1. The summed E-state index contributed by atoms with van der Waals surface area (Å²) < 4.78 is 19.6. The molecule has 0 N–H and O–H groups in total. The average molecular weight is 349 g/mol. The number of piperazine rings is 1. The summed E-state index contributed by atoms with van der Waals surface area (Å²) in [5.74, 6) is -0.382. The number of ketones is 1. The van der Waals surface area contributed by atoms with Crippen LogP contribution in [0.4, 0.5) is 20.6 Å². The van der Waals surface area contributed by atoms with Crippen LogP contribution in [-0.4, -0.2) is 62.7 Å². The molecule has 1 amide bonds. The number of rotatable bonds is 3. The molecule has 0 radical (unpaired) electrons. The lowest BCUT2D eigenvalue weighted by Crippen LogP contribution is -2.49. The Kier molecular flexibility index (Phi) is 5.11. The Labute approximate surface area is 147 Å². The maximum atomic E-state index is 14.6. The predicted molar refractivity (Wildman–Crippen MR) is 94.0 cm³/mol. The summed E-state index contributed by atoms with van der Waals surface area (Å²) in [4.78, 5) is 29.6. The second kappa shape index (κ2) is 7.29. The molecule has 25 heavy (non-hydrogen) atoms. The van der Waals surface area contributed by atoms with Gasteiger partial charge < -0.3 is 19.4 Å². The third kappa shape index (κ3) is 3.41. The molecule has 0 atom stereocenters. The van der Waals surface area contributed by atoms with Crippen LogP contribution in [-0.2, 0) is 4.74 Å². The Bertz CT molecular complexity index is 672. The van der Waals surface area contributed by atoms with Crippen LogP contribution in [0, 0.1) is 5.82 Å². The lowest BCUT2D eigenvalue weighted by atomic mass is 9.99. The van der Waals surface area contributed by atoms with Gasteiger partial charge in [0.05, 0.1) is 12.3 Å². The van der Waals surface area contributed by atoms with Gasteiger partial charge in [-0.1, -0.05) is 0 Å². The van der Waals surface area contributed by atoms with Gasteiger partial charge in [0.25, 0.3) is 0 Å². The molecule has 0 bridgehead atoms. The summed E-state index contributed by atoms with van der Waals surface area (Å²) in [6.07, 6.45) is 0.105. The van der Waals surface area contributed by atoms with Crippen LogP contribution in [0.3, 0.4) is 0 Å². The van der Waals surface area contributed by atoms with E-state index < -0.39 is 0 Å². The first-order chi connectivity index (χ1) is 12.0. The second-order valence-corrected chi connectivity index (χ2v) is 6.25. The molecule has 0 saturated carbocycles. The zero-order chi connectivity index (χ0) is 18.0. The number of Topliss-reactive ketones (excluding diaryl/α,β-unsaturated/α-hetero) is 1. The average Bonchev–Trinajstić information content (AvgIpc) is 2.62. The molecule has 136 valence electrons. The maximum Gasteiger partial charge on any atom is 0.409 e. The van der Waals surface area contributed by atoms with Crippen molar-refractivity contribution in [2.24, 2.45) is 0 Å². The standard InChI is InChI=1S/C18H24FN3O3/c1-3-20-6-5-17(23)13-11-14(19)16(12-15(13)20)21-7-9-22(10-8-21)18(24)25-4-2/h11-12H,3-10H2,1-2H3. The highest BCUT2D eigenvalue weighted by Gasteiger charge is 2.28. The van der Waals surface area contributed by atoms with Crippen molar-refractivity contribution in [3.63, 3.8) is 0 Å². The first-order valence-corrected chi connectivity index (χ1v) is 8.83. The van der Waals surface area contributed by atoms with E-state index in [0.717, 1.165) is 12.2 Å². The van der Waals surface area contributed by atoms with Crippen LogP contribution in [0.5, 0.6) is 0 Å². The number of hydrogen-bond donors (Lipinski definition) is 0. The second-order valence-electron chi connectivity index (χ2n) is 6.25. The van der Waals surface area contributed by atoms with Gasteiger partial charge in [0, 0.05) is 56.9 Å². The van der Waals surface area contributed by atoms with E-state index in [1.807, 2.05) is 11.8 Å². The Morgan fingerprint density at radius 1 is 1.12 bits per heavy atom. The van der Waals surface area contributed by atoms with Crippen LogP contribution in [0.1, 0.15) is 30.6 Å². The molecule has 1 aromatic rings. The fraction of sp³-hybridized carbons (Fsp3) is 0.556. The molecule has 1 aromatic carbocycles. The summed E-state index contributed by atoms with van der Waals surface area (Å²) in [6.45, 7) is 7.66. The number of fused-ring (bicyclic) bond motifs is 1. The molecule has 2 aliphatic heterocycles. The Hall–Kier alpha value is -2.31. The van der Waals surface area contributed by atoms with Crippen molar-refractivity contribution in [1.82, 2.24) is 4.90 Å². The third-order valence-corrected chi connectivity index (χ3v) is 4.84. The highest BCUT2D eigenvalue weighted by Crippen LogP contribution is 2.34. The van der Waals surface area contributed by atoms with Crippen molar-refractivity contribution in [3.8, 4) is 0 Å². The molecule has 2 aliphatic rings. The minimum absolute atomic E-state index is 0.00252. The normalized spacial score (nSPS) is 17.6. The Balaban J connectivity index is 1.80. The molecule has 0 aromatic heterocycles. The highest BCUT2D eigenvalue weighted by molar-refractivity contribution is 6.04. The monoisotopic (exact) mass is 349 g/mol. The van der Waals surface area contributed by atoms with E-state index in [0.29, 0.717) is 57.0 Å². The van der Waals surface area contributed by atoms with Crippen LogP contribution in [0.15, 0.2) is 12.1 Å². The smallest absolute Gasteiger partial charge is 0.409 e. The van der Waals surface area contributed by atoms with Crippen molar-refractivity contribution in [2.75, 3.05) is 55.7 Å². The van der Waals surface area contributed by atoms with E-state index in [9.17, 15) is 14.0 Å². The van der Waals surface area contributed by atoms with Crippen LogP contribution in [0.2, 0.25) is 0 Å². The molecule has 7 heteroatoms. The van der Waals surface area contributed by atoms with Crippen molar-refractivity contribution in [3.05, 3.63) is 23.5 Å². The maximum absolute atomic E-state index is 14.6. The van der Waals surface area contributed by atoms with Crippen LogP contribution in [0.25, 0.3) is 0 Å². The summed E-state index contributed by atoms with van der Waals surface area (Å²) in [5, 5.41) is 0. The van der Waals surface area contributed by atoms with Crippen LogP contribution < -0.4 is 9.80 Å². The number of carbonyl (C=O) groups is 2. The van der Waals surface area contributed by atoms with Crippen molar-refractivity contribution in [2.45, 2.75) is 20.3 Å². The van der Waals surface area contributed by atoms with E-state index in [1.54, 1.807) is 17.9 Å². The first kappa shape index (κ1) is 17.5. The summed E-state index contributed by atoms with van der Waals surface area (Å²) >= 11 is 0. The fourth-order valence-corrected chi connectivity index (χ4v) is 3.44. The van der Waals surface area contributed by atoms with E-state index in [1.165, 1.54) is 6.07 Å². The molecule has 1 fully saturated rings. The quantitative estimate of drug-likeness (QED) is 0.839. The van der Waals surface area contributed by atoms with Crippen LogP contribution >= 0.6 is 0 Å². The highest BCUT2D eigenvalue weighted by atomic mass is 19.1. The minimum Gasteiger partial charge on any atom is -0.450 e. The summed E-state index contributed by atoms with van der Waals surface area (Å²) in [5.41, 5.74) is 1.78. The number of ether oxygens (including phenoxy) is 1. The molecule has 0 unspecified atom stereocenters. The van der Waals surface area contributed by atoms with Gasteiger partial charge in [-0.15, -0.1) is 0 Å². The summed E-state index contributed by atoms with van der Waals surface area (Å²) in [7, 11) is 0. The van der Waals surface area contributed by atoms with Gasteiger partial charge in [-0.2, -0.15) is 0 Å². The number of halogens is 1. The number of hydrogen-bond acceptors (Lipinski definition) is 5. The molecular formula is C18H24FN3O3. The molecule has 1 saturated heterocycles. The van der Waals surface area contributed by atoms with Gasteiger partial charge in [0.2, 0.25) is 0 Å². The molecule has 6 nitrogen and oxygen atoms in total. The number of anilines is 2. The van der Waals surface area contributed by atoms with E-state index in [-0.39, 0.29) is 17.7 Å². The molecule has 2 heterocycles. The number of benzene rings is 1. The minimum atomic E-state index is -0.380. The van der Waals surface area contributed by atoms with Gasteiger partial charge >= 0.3 is 6.09 Å². The SMILES string of the molecule is CCOC(=O)N1CCN(c2cc3c(cc2F)C(=O)CCN3CC)CC1. The van der Waals surface area contributed by atoms with E-state index in [2.05, 4.69) is 4.90 Å². The first-order valence-electron chi connectivity index (χ1n) is 8.83. The molecule has 3 rings (SSSR count). The predicted octanol–water partition coefficient (Wildman–Crippen LogP) is 2.52. The lowest BCUT2D eigenvalue weighted by Gasteiger charge is -2.37. The fourth-order valence-electron chi connectivity index (χ4n) is 3.44. The van der Waals surface area contributed by atoms with Gasteiger partial charge in [0.1, 0.15) is 5.82 Å². The van der Waals surface area contributed by atoms with Crippen molar-refractivity contribution in [1.29, 1.82) is 0 Å². The number of carbonyl (C=O) groups excluding carboxylic acids is 2.